The summed E-state index contributed by atoms with van der Waals surface area (Å²) in [4.78, 5) is 16.2. The van der Waals surface area contributed by atoms with Gasteiger partial charge in [0.2, 0.25) is 0 Å². The summed E-state index contributed by atoms with van der Waals surface area (Å²) in [5.74, 6) is 1.10. The van der Waals surface area contributed by atoms with E-state index in [0.29, 0.717) is 35.3 Å². The van der Waals surface area contributed by atoms with Crippen LogP contribution >= 0.6 is 11.6 Å². The highest BCUT2D eigenvalue weighted by molar-refractivity contribution is 6.31. The van der Waals surface area contributed by atoms with Gasteiger partial charge in [-0.1, -0.05) is 11.6 Å². The molecule has 0 radical (unpaired) electrons. The molecule has 1 aliphatic heterocycles. The van der Waals surface area contributed by atoms with E-state index in [4.69, 9.17) is 21.1 Å². The molecule has 0 aliphatic carbocycles. The molecule has 0 fully saturated rings. The summed E-state index contributed by atoms with van der Waals surface area (Å²) in [7, 11) is 0. The zero-order valence-electron chi connectivity index (χ0n) is 12.7. The molecular weight excluding hydrogens is 316 g/mol. The minimum Gasteiger partial charge on any atom is -0.490 e. The highest BCUT2D eigenvalue weighted by Crippen LogP contribution is 2.37. The number of carbonyl (C=O) groups is 1. The number of aromatic nitrogens is 1. The fourth-order valence-corrected chi connectivity index (χ4v) is 2.70. The number of nitrogens with one attached hydrogen (secondary N) is 1. The zero-order valence-corrected chi connectivity index (χ0v) is 13.5. The lowest BCUT2D eigenvalue weighted by atomic mass is 10.1. The van der Waals surface area contributed by atoms with E-state index >= 15 is 0 Å². The third-order valence-corrected chi connectivity index (χ3v) is 3.93. The largest absolute Gasteiger partial charge is 0.490 e. The summed E-state index contributed by atoms with van der Waals surface area (Å²) in [5.41, 5.74) is 1.29. The van der Waals surface area contributed by atoms with Crippen LogP contribution in [0.1, 0.15) is 35.3 Å². The number of rotatable bonds is 3. The van der Waals surface area contributed by atoms with Gasteiger partial charge >= 0.3 is 0 Å². The van der Waals surface area contributed by atoms with Crippen LogP contribution in [0.3, 0.4) is 0 Å². The molecule has 5 nitrogen and oxygen atoms in total. The van der Waals surface area contributed by atoms with Crippen molar-refractivity contribution in [2.45, 2.75) is 19.4 Å². The van der Waals surface area contributed by atoms with E-state index in [0.717, 1.165) is 12.0 Å². The highest BCUT2D eigenvalue weighted by atomic mass is 35.5. The Labute approximate surface area is 139 Å². The standard InChI is InChI=1S/C17H17ClN2O3/c1-11(20-17(21)12-4-2-5-19-10-12)13-8-15-16(9-14(13)18)23-7-3-6-22-15/h2,4-5,8-11H,3,6-7H2,1H3,(H,20,21). The van der Waals surface area contributed by atoms with Crippen LogP contribution in [-0.2, 0) is 0 Å². The molecule has 0 bridgehead atoms. The number of hydrogen-bond donors (Lipinski definition) is 1. The maximum atomic E-state index is 12.2. The number of benzene rings is 1. The fraction of sp³-hybridized carbons (Fsp3) is 0.294. The van der Waals surface area contributed by atoms with Gasteiger partial charge in [-0.15, -0.1) is 0 Å². The van der Waals surface area contributed by atoms with Gasteiger partial charge in [0.05, 0.1) is 24.8 Å². The van der Waals surface area contributed by atoms with Crippen molar-refractivity contribution in [2.24, 2.45) is 0 Å². The van der Waals surface area contributed by atoms with Crippen LogP contribution in [0.15, 0.2) is 36.7 Å². The van der Waals surface area contributed by atoms with Crippen molar-refractivity contribution >= 4 is 17.5 Å². The summed E-state index contributed by atoms with van der Waals surface area (Å²) in [5, 5.41) is 3.45. The molecule has 0 saturated heterocycles. The summed E-state index contributed by atoms with van der Waals surface area (Å²) in [6.07, 6.45) is 3.98. The third-order valence-electron chi connectivity index (χ3n) is 3.60. The van der Waals surface area contributed by atoms with E-state index in [-0.39, 0.29) is 11.9 Å². The number of amides is 1. The van der Waals surface area contributed by atoms with E-state index in [9.17, 15) is 4.79 Å². The first-order valence-corrected chi connectivity index (χ1v) is 7.83. The van der Waals surface area contributed by atoms with E-state index in [1.807, 2.05) is 13.0 Å². The van der Waals surface area contributed by atoms with Crippen LogP contribution < -0.4 is 14.8 Å². The molecule has 1 N–H and O–H groups in total. The van der Waals surface area contributed by atoms with Crippen LogP contribution in [-0.4, -0.2) is 24.1 Å². The molecule has 1 atom stereocenters. The monoisotopic (exact) mass is 332 g/mol. The third kappa shape index (κ3) is 3.56. The smallest absolute Gasteiger partial charge is 0.253 e. The SMILES string of the molecule is CC(NC(=O)c1cccnc1)c1cc2c(cc1Cl)OCCCO2. The Morgan fingerprint density at radius 2 is 2.04 bits per heavy atom. The van der Waals surface area contributed by atoms with Gasteiger partial charge in [-0.2, -0.15) is 0 Å². The Hall–Kier alpha value is -2.27. The van der Waals surface area contributed by atoms with Crippen LogP contribution in [0.4, 0.5) is 0 Å². The lowest BCUT2D eigenvalue weighted by Crippen LogP contribution is -2.27. The number of carbonyl (C=O) groups excluding carboxylic acids is 1. The van der Waals surface area contributed by atoms with Gasteiger partial charge in [-0.3, -0.25) is 9.78 Å². The number of halogens is 1. The van der Waals surface area contributed by atoms with Crippen LogP contribution in [0.2, 0.25) is 5.02 Å². The second-order valence-electron chi connectivity index (χ2n) is 5.31. The van der Waals surface area contributed by atoms with Crippen molar-refractivity contribution < 1.29 is 14.3 Å². The molecule has 1 aliphatic rings. The normalized spacial score (nSPS) is 14.7. The van der Waals surface area contributed by atoms with Crippen molar-refractivity contribution in [1.82, 2.24) is 10.3 Å². The van der Waals surface area contributed by atoms with Crippen molar-refractivity contribution in [2.75, 3.05) is 13.2 Å². The predicted molar refractivity (Wildman–Crippen MR) is 87.2 cm³/mol. The first-order chi connectivity index (χ1) is 11.1. The summed E-state index contributed by atoms with van der Waals surface area (Å²) >= 11 is 6.34. The lowest BCUT2D eigenvalue weighted by molar-refractivity contribution is 0.0939. The quantitative estimate of drug-likeness (QED) is 0.936. The first kappa shape index (κ1) is 15.6. The van der Waals surface area contributed by atoms with E-state index in [1.54, 1.807) is 24.4 Å². The molecule has 2 heterocycles. The van der Waals surface area contributed by atoms with Crippen LogP contribution in [0, 0.1) is 0 Å². The number of hydrogen-bond acceptors (Lipinski definition) is 4. The maximum Gasteiger partial charge on any atom is 0.253 e. The summed E-state index contributed by atoms with van der Waals surface area (Å²) in [6.45, 7) is 3.08. The van der Waals surface area contributed by atoms with E-state index in [2.05, 4.69) is 10.3 Å². The Kier molecular flexibility index (Phi) is 4.67. The lowest BCUT2D eigenvalue weighted by Gasteiger charge is -2.18. The van der Waals surface area contributed by atoms with Gasteiger partial charge in [0, 0.05) is 29.9 Å². The first-order valence-electron chi connectivity index (χ1n) is 7.45. The highest BCUT2D eigenvalue weighted by Gasteiger charge is 2.19. The van der Waals surface area contributed by atoms with Gasteiger partial charge in [0.1, 0.15) is 0 Å². The Bertz CT molecular complexity index is 706. The average Bonchev–Trinajstić information content (AvgIpc) is 2.79. The average molecular weight is 333 g/mol. The van der Waals surface area contributed by atoms with Crippen molar-refractivity contribution in [3.05, 3.63) is 52.8 Å². The number of nitrogens with zero attached hydrogens (tertiary/aromatic N) is 1. The van der Waals surface area contributed by atoms with Crippen LogP contribution in [0.5, 0.6) is 11.5 Å². The molecule has 1 aromatic heterocycles. The van der Waals surface area contributed by atoms with E-state index < -0.39 is 0 Å². The second kappa shape index (κ2) is 6.87. The molecule has 23 heavy (non-hydrogen) atoms. The molecular formula is C17H17ClN2O3. The Balaban J connectivity index is 1.80. The van der Waals surface area contributed by atoms with Crippen LogP contribution in [0.25, 0.3) is 0 Å². The maximum absolute atomic E-state index is 12.2. The number of ether oxygens (including phenoxy) is 2. The Morgan fingerprint density at radius 1 is 1.30 bits per heavy atom. The number of pyridine rings is 1. The van der Waals surface area contributed by atoms with Gasteiger partial charge in [-0.25, -0.2) is 0 Å². The predicted octanol–water partition coefficient (Wildman–Crippen LogP) is 3.39. The minimum absolute atomic E-state index is 0.200. The van der Waals surface area contributed by atoms with Crippen molar-refractivity contribution in [3.63, 3.8) is 0 Å². The molecule has 6 heteroatoms. The molecule has 3 rings (SSSR count). The molecule has 1 unspecified atom stereocenters. The van der Waals surface area contributed by atoms with Gasteiger partial charge in [0.25, 0.3) is 5.91 Å². The fourth-order valence-electron chi connectivity index (χ4n) is 2.39. The molecule has 0 saturated carbocycles. The summed E-state index contributed by atoms with van der Waals surface area (Å²) in [6, 6.07) is 6.74. The molecule has 2 aromatic rings. The summed E-state index contributed by atoms with van der Waals surface area (Å²) < 4.78 is 11.3. The second-order valence-corrected chi connectivity index (χ2v) is 5.71. The molecule has 0 spiro atoms. The minimum atomic E-state index is -0.271. The number of fused-ring (bicyclic) bond motifs is 1. The Morgan fingerprint density at radius 3 is 2.74 bits per heavy atom. The van der Waals surface area contributed by atoms with Gasteiger partial charge in [0.15, 0.2) is 11.5 Å². The van der Waals surface area contributed by atoms with Crippen molar-refractivity contribution in [3.8, 4) is 11.5 Å². The van der Waals surface area contributed by atoms with E-state index in [1.165, 1.54) is 6.20 Å². The van der Waals surface area contributed by atoms with Gasteiger partial charge < -0.3 is 14.8 Å². The van der Waals surface area contributed by atoms with Gasteiger partial charge in [-0.05, 0) is 30.7 Å². The molecule has 120 valence electrons. The molecule has 1 aromatic carbocycles. The molecule has 1 amide bonds. The zero-order chi connectivity index (χ0) is 16.2. The van der Waals surface area contributed by atoms with Crippen molar-refractivity contribution in [1.29, 1.82) is 0 Å². The topological polar surface area (TPSA) is 60.5 Å².